The van der Waals surface area contributed by atoms with Crippen LogP contribution in [0.4, 0.5) is 0 Å². The lowest BCUT2D eigenvalue weighted by molar-refractivity contribution is -0.0996. The highest BCUT2D eigenvalue weighted by Gasteiger charge is 2.34. The SMILES string of the molecule is Cc1cccc(C=C(O)[C@H](O)[C@@H](O)[C@H](O)[C@H](O)C(O)=Cc2ccccc2)c1C. The molecule has 0 aromatic heterocycles. The van der Waals surface area contributed by atoms with E-state index in [0.717, 1.165) is 11.1 Å². The molecule has 0 radical (unpaired) electrons. The van der Waals surface area contributed by atoms with Crippen LogP contribution >= 0.6 is 0 Å². The van der Waals surface area contributed by atoms with E-state index in [-0.39, 0.29) is 0 Å². The van der Waals surface area contributed by atoms with Gasteiger partial charge in [0, 0.05) is 0 Å². The molecule has 6 N–H and O–H groups in total. The summed E-state index contributed by atoms with van der Waals surface area (Å²) in [5.74, 6) is -1.15. The van der Waals surface area contributed by atoms with Gasteiger partial charge in [-0.2, -0.15) is 0 Å². The van der Waals surface area contributed by atoms with Gasteiger partial charge in [-0.3, -0.25) is 0 Å². The maximum Gasteiger partial charge on any atom is 0.139 e. The zero-order valence-corrected chi connectivity index (χ0v) is 15.8. The first-order chi connectivity index (χ1) is 13.2. The second kappa shape index (κ2) is 9.52. The summed E-state index contributed by atoms with van der Waals surface area (Å²) < 4.78 is 0. The molecular weight excluding hydrogens is 360 g/mol. The first kappa shape index (κ1) is 21.7. The molecule has 2 aromatic carbocycles. The van der Waals surface area contributed by atoms with Crippen molar-refractivity contribution >= 4 is 12.2 Å². The van der Waals surface area contributed by atoms with E-state index < -0.39 is 35.9 Å². The van der Waals surface area contributed by atoms with Gasteiger partial charge < -0.3 is 30.6 Å². The number of aryl methyl sites for hydroxylation is 1. The van der Waals surface area contributed by atoms with E-state index in [1.807, 2.05) is 19.9 Å². The van der Waals surface area contributed by atoms with Gasteiger partial charge in [0.2, 0.25) is 0 Å². The summed E-state index contributed by atoms with van der Waals surface area (Å²) >= 11 is 0. The summed E-state index contributed by atoms with van der Waals surface area (Å²) in [5.41, 5.74) is 3.10. The topological polar surface area (TPSA) is 121 Å². The van der Waals surface area contributed by atoms with Gasteiger partial charge in [-0.05, 0) is 48.3 Å². The molecule has 150 valence electrons. The third-order valence-corrected chi connectivity index (χ3v) is 4.67. The molecule has 0 fully saturated rings. The largest absolute Gasteiger partial charge is 0.509 e. The Bertz CT molecular complexity index is 843. The smallest absolute Gasteiger partial charge is 0.139 e. The predicted molar refractivity (Wildman–Crippen MR) is 108 cm³/mol. The van der Waals surface area contributed by atoms with E-state index in [2.05, 4.69) is 0 Å². The van der Waals surface area contributed by atoms with E-state index in [0.29, 0.717) is 11.1 Å². The third kappa shape index (κ3) is 5.21. The molecule has 0 aliphatic rings. The molecule has 0 bridgehead atoms. The number of aliphatic hydroxyl groups is 6. The standard InChI is InChI=1S/C22H26O6/c1-13-7-6-10-16(14(13)2)12-18(24)20(26)22(28)21(27)19(25)17(23)11-15-8-4-3-5-9-15/h3-12,19-28H,1-2H3/t19-,20+,21-,22-/m1/s1. The molecule has 0 aliphatic heterocycles. The molecule has 0 amide bonds. The van der Waals surface area contributed by atoms with Crippen LogP contribution < -0.4 is 0 Å². The molecule has 6 heteroatoms. The van der Waals surface area contributed by atoms with Gasteiger partial charge in [-0.1, -0.05) is 48.5 Å². The summed E-state index contributed by atoms with van der Waals surface area (Å²) in [5, 5.41) is 60.6. The minimum absolute atomic E-state index is 0.570. The molecule has 0 unspecified atom stereocenters. The zero-order chi connectivity index (χ0) is 20.8. The minimum Gasteiger partial charge on any atom is -0.509 e. The van der Waals surface area contributed by atoms with E-state index in [1.54, 1.807) is 42.5 Å². The maximum atomic E-state index is 10.2. The maximum absolute atomic E-state index is 10.2. The molecule has 6 nitrogen and oxygen atoms in total. The normalized spacial score (nSPS) is 17.1. The second-order valence-electron chi connectivity index (χ2n) is 6.71. The van der Waals surface area contributed by atoms with Crippen molar-refractivity contribution in [1.82, 2.24) is 0 Å². The highest BCUT2D eigenvalue weighted by atomic mass is 16.4. The Morgan fingerprint density at radius 3 is 1.82 bits per heavy atom. The van der Waals surface area contributed by atoms with Crippen molar-refractivity contribution in [2.24, 2.45) is 0 Å². The average Bonchev–Trinajstić information content (AvgIpc) is 2.69. The fourth-order valence-electron chi connectivity index (χ4n) is 2.70. The quantitative estimate of drug-likeness (QED) is 0.406. The molecule has 0 saturated carbocycles. The van der Waals surface area contributed by atoms with E-state index in [4.69, 9.17) is 0 Å². The average molecular weight is 386 g/mol. The summed E-state index contributed by atoms with van der Waals surface area (Å²) in [6, 6.07) is 14.0. The zero-order valence-electron chi connectivity index (χ0n) is 15.8. The number of hydrogen-bond acceptors (Lipinski definition) is 6. The lowest BCUT2D eigenvalue weighted by atomic mass is 9.97. The molecule has 0 aliphatic carbocycles. The highest BCUT2D eigenvalue weighted by molar-refractivity contribution is 5.57. The van der Waals surface area contributed by atoms with Crippen molar-refractivity contribution in [3.63, 3.8) is 0 Å². The second-order valence-corrected chi connectivity index (χ2v) is 6.71. The Morgan fingerprint density at radius 2 is 1.25 bits per heavy atom. The van der Waals surface area contributed by atoms with Gasteiger partial charge in [-0.15, -0.1) is 0 Å². The lowest BCUT2D eigenvalue weighted by Crippen LogP contribution is -2.45. The van der Waals surface area contributed by atoms with E-state index >= 15 is 0 Å². The fourth-order valence-corrected chi connectivity index (χ4v) is 2.70. The highest BCUT2D eigenvalue weighted by Crippen LogP contribution is 2.20. The van der Waals surface area contributed by atoms with Crippen molar-refractivity contribution in [3.05, 3.63) is 82.3 Å². The van der Waals surface area contributed by atoms with Crippen molar-refractivity contribution in [1.29, 1.82) is 0 Å². The molecular formula is C22H26O6. The molecule has 0 spiro atoms. The molecule has 4 atom stereocenters. The van der Waals surface area contributed by atoms with Crippen molar-refractivity contribution in [3.8, 4) is 0 Å². The molecule has 0 heterocycles. The Kier molecular flexibility index (Phi) is 7.37. The molecule has 28 heavy (non-hydrogen) atoms. The van der Waals surface area contributed by atoms with Crippen molar-refractivity contribution in [2.75, 3.05) is 0 Å². The number of aliphatic hydroxyl groups excluding tert-OH is 6. The Morgan fingerprint density at radius 1 is 0.714 bits per heavy atom. The molecule has 2 aromatic rings. The van der Waals surface area contributed by atoms with Crippen LogP contribution in [-0.4, -0.2) is 55.1 Å². The summed E-state index contributed by atoms with van der Waals surface area (Å²) in [4.78, 5) is 0. The summed E-state index contributed by atoms with van der Waals surface area (Å²) in [7, 11) is 0. The van der Waals surface area contributed by atoms with Gasteiger partial charge >= 0.3 is 0 Å². The van der Waals surface area contributed by atoms with Crippen LogP contribution in [0.1, 0.15) is 22.3 Å². The molecule has 0 saturated heterocycles. The van der Waals surface area contributed by atoms with Crippen LogP contribution in [0.15, 0.2) is 60.0 Å². The third-order valence-electron chi connectivity index (χ3n) is 4.67. The van der Waals surface area contributed by atoms with Crippen LogP contribution in [0.3, 0.4) is 0 Å². The Labute approximate surface area is 164 Å². The first-order valence-corrected chi connectivity index (χ1v) is 8.87. The first-order valence-electron chi connectivity index (χ1n) is 8.87. The van der Waals surface area contributed by atoms with Crippen LogP contribution in [0.25, 0.3) is 12.2 Å². The van der Waals surface area contributed by atoms with E-state index in [1.165, 1.54) is 12.2 Å². The van der Waals surface area contributed by atoms with Gasteiger partial charge in [-0.25, -0.2) is 0 Å². The van der Waals surface area contributed by atoms with Crippen LogP contribution in [0.2, 0.25) is 0 Å². The van der Waals surface area contributed by atoms with Gasteiger partial charge in [0.05, 0.1) is 0 Å². The van der Waals surface area contributed by atoms with Crippen molar-refractivity contribution in [2.45, 2.75) is 38.3 Å². The van der Waals surface area contributed by atoms with Crippen LogP contribution in [0, 0.1) is 13.8 Å². The predicted octanol–water partition coefficient (Wildman–Crippen LogP) is 2.25. The fraction of sp³-hybridized carbons (Fsp3) is 0.273. The van der Waals surface area contributed by atoms with Gasteiger partial charge in [0.1, 0.15) is 35.9 Å². The van der Waals surface area contributed by atoms with Crippen LogP contribution in [0.5, 0.6) is 0 Å². The monoisotopic (exact) mass is 386 g/mol. The molecule has 2 rings (SSSR count). The number of rotatable bonds is 7. The Balaban J connectivity index is 2.14. The Hall–Kier alpha value is -2.64. The van der Waals surface area contributed by atoms with Crippen LogP contribution in [-0.2, 0) is 0 Å². The van der Waals surface area contributed by atoms with Gasteiger partial charge in [0.15, 0.2) is 0 Å². The summed E-state index contributed by atoms with van der Waals surface area (Å²) in [6.07, 6.45) is -5.03. The number of hydrogen-bond donors (Lipinski definition) is 6. The van der Waals surface area contributed by atoms with Crippen molar-refractivity contribution < 1.29 is 30.6 Å². The number of benzene rings is 2. The van der Waals surface area contributed by atoms with Gasteiger partial charge in [0.25, 0.3) is 0 Å². The summed E-state index contributed by atoms with van der Waals surface area (Å²) in [6.45, 7) is 3.75. The lowest BCUT2D eigenvalue weighted by Gasteiger charge is -2.26. The minimum atomic E-state index is -1.93. The van der Waals surface area contributed by atoms with E-state index in [9.17, 15) is 30.6 Å².